The summed E-state index contributed by atoms with van der Waals surface area (Å²) >= 11 is 0. The summed E-state index contributed by atoms with van der Waals surface area (Å²) in [6.07, 6.45) is 3.00. The zero-order chi connectivity index (χ0) is 16.2. The number of nitrogen functional groups attached to an aromatic ring is 1. The van der Waals surface area contributed by atoms with Gasteiger partial charge in [-0.15, -0.1) is 0 Å². The van der Waals surface area contributed by atoms with Gasteiger partial charge >= 0.3 is 0 Å². The number of nitrogens with zero attached hydrogens (tertiary/aromatic N) is 2. The first kappa shape index (κ1) is 14.7. The molecule has 0 bridgehead atoms. The molecule has 2 aromatic heterocycles. The Morgan fingerprint density at radius 1 is 1.13 bits per heavy atom. The summed E-state index contributed by atoms with van der Waals surface area (Å²) < 4.78 is 0. The number of aryl methyl sites for hydroxylation is 1. The predicted octanol–water partition coefficient (Wildman–Crippen LogP) is 3.78. The summed E-state index contributed by atoms with van der Waals surface area (Å²) in [6.45, 7) is 1.94. The van der Waals surface area contributed by atoms with Gasteiger partial charge in [-0.1, -0.05) is 18.2 Å². The fraction of sp³-hybridized carbons (Fsp3) is 0.0556. The van der Waals surface area contributed by atoms with Gasteiger partial charge in [-0.3, -0.25) is 4.98 Å². The van der Waals surface area contributed by atoms with Crippen molar-refractivity contribution in [2.75, 3.05) is 11.1 Å². The lowest BCUT2D eigenvalue weighted by molar-refractivity contribution is 1.20. The van der Waals surface area contributed by atoms with Crippen LogP contribution in [0.2, 0.25) is 0 Å². The molecule has 5 nitrogen and oxygen atoms in total. The highest BCUT2D eigenvalue weighted by molar-refractivity contribution is 5.89. The monoisotopic (exact) mass is 303 g/mol. The minimum atomic E-state index is 0.668. The van der Waals surface area contributed by atoms with E-state index in [9.17, 15) is 0 Å². The molecular formula is C18H17N5. The molecule has 4 N–H and O–H groups in total. The van der Waals surface area contributed by atoms with Crippen molar-refractivity contribution < 1.29 is 0 Å². The van der Waals surface area contributed by atoms with E-state index in [1.165, 1.54) is 6.21 Å². The quantitative estimate of drug-likeness (QED) is 0.640. The van der Waals surface area contributed by atoms with E-state index in [0.717, 1.165) is 34.0 Å². The SMILES string of the molecule is Cc1cccc(Nc2cc(-c3cc(N)ccn3)ccc2C=N)n1. The van der Waals surface area contributed by atoms with Crippen LogP contribution in [0.1, 0.15) is 11.3 Å². The fourth-order valence-corrected chi connectivity index (χ4v) is 2.31. The molecule has 0 aliphatic carbocycles. The Hall–Kier alpha value is -3.21. The number of anilines is 3. The van der Waals surface area contributed by atoms with E-state index in [0.29, 0.717) is 5.69 Å². The molecule has 0 fully saturated rings. The molecule has 0 aliphatic rings. The lowest BCUT2D eigenvalue weighted by atomic mass is 10.1. The van der Waals surface area contributed by atoms with Gasteiger partial charge in [0.25, 0.3) is 0 Å². The molecule has 0 atom stereocenters. The molecule has 0 radical (unpaired) electrons. The van der Waals surface area contributed by atoms with Gasteiger partial charge in [0.05, 0.1) is 5.69 Å². The van der Waals surface area contributed by atoms with Crippen LogP contribution in [0.5, 0.6) is 0 Å². The summed E-state index contributed by atoms with van der Waals surface area (Å²) in [5.74, 6) is 0.741. The summed E-state index contributed by atoms with van der Waals surface area (Å²) in [4.78, 5) is 8.79. The maximum atomic E-state index is 7.58. The van der Waals surface area contributed by atoms with Gasteiger partial charge in [-0.05, 0) is 37.3 Å². The number of aromatic nitrogens is 2. The van der Waals surface area contributed by atoms with Crippen molar-refractivity contribution in [2.24, 2.45) is 0 Å². The van der Waals surface area contributed by atoms with E-state index in [2.05, 4.69) is 15.3 Å². The number of rotatable bonds is 4. The Labute approximate surface area is 134 Å². The summed E-state index contributed by atoms with van der Waals surface area (Å²) in [7, 11) is 0. The van der Waals surface area contributed by atoms with Gasteiger partial charge < -0.3 is 16.5 Å². The number of nitrogens with two attached hydrogens (primary N) is 1. The minimum absolute atomic E-state index is 0.668. The van der Waals surface area contributed by atoms with Crippen LogP contribution < -0.4 is 11.1 Å². The molecule has 3 rings (SSSR count). The number of hydrogen-bond acceptors (Lipinski definition) is 5. The van der Waals surface area contributed by atoms with Crippen LogP contribution in [0.25, 0.3) is 11.3 Å². The summed E-state index contributed by atoms with van der Waals surface area (Å²) in [5, 5.41) is 10.8. The van der Waals surface area contributed by atoms with Gasteiger partial charge in [-0.2, -0.15) is 0 Å². The predicted molar refractivity (Wildman–Crippen MR) is 94.2 cm³/mol. The second kappa shape index (κ2) is 6.27. The molecule has 0 spiro atoms. The molecular weight excluding hydrogens is 286 g/mol. The van der Waals surface area contributed by atoms with E-state index in [-0.39, 0.29) is 0 Å². The van der Waals surface area contributed by atoms with E-state index < -0.39 is 0 Å². The van der Waals surface area contributed by atoms with Crippen molar-refractivity contribution >= 4 is 23.4 Å². The summed E-state index contributed by atoms with van der Waals surface area (Å²) in [6, 6.07) is 15.1. The van der Waals surface area contributed by atoms with Crippen molar-refractivity contribution in [3.63, 3.8) is 0 Å². The van der Waals surface area contributed by atoms with Crippen LogP contribution in [0, 0.1) is 12.3 Å². The normalized spacial score (nSPS) is 10.3. The average molecular weight is 303 g/mol. The zero-order valence-corrected chi connectivity index (χ0v) is 12.7. The van der Waals surface area contributed by atoms with Gasteiger partial charge in [0.2, 0.25) is 0 Å². The fourth-order valence-electron chi connectivity index (χ4n) is 2.31. The summed E-state index contributed by atoms with van der Waals surface area (Å²) in [5.41, 5.74) is 10.7. The van der Waals surface area contributed by atoms with Gasteiger partial charge in [-0.25, -0.2) is 4.98 Å². The lowest BCUT2D eigenvalue weighted by Gasteiger charge is -2.11. The highest BCUT2D eigenvalue weighted by Crippen LogP contribution is 2.26. The van der Waals surface area contributed by atoms with Crippen LogP contribution in [0.15, 0.2) is 54.7 Å². The third-order valence-corrected chi connectivity index (χ3v) is 3.44. The minimum Gasteiger partial charge on any atom is -0.399 e. The Morgan fingerprint density at radius 3 is 2.74 bits per heavy atom. The highest BCUT2D eigenvalue weighted by Gasteiger charge is 2.07. The van der Waals surface area contributed by atoms with E-state index >= 15 is 0 Å². The molecule has 23 heavy (non-hydrogen) atoms. The average Bonchev–Trinajstić information content (AvgIpc) is 2.55. The lowest BCUT2D eigenvalue weighted by Crippen LogP contribution is -1.99. The number of pyridine rings is 2. The van der Waals surface area contributed by atoms with Crippen molar-refractivity contribution in [1.82, 2.24) is 9.97 Å². The largest absolute Gasteiger partial charge is 0.399 e. The first-order valence-corrected chi connectivity index (χ1v) is 7.23. The van der Waals surface area contributed by atoms with Crippen LogP contribution in [0.3, 0.4) is 0 Å². The molecule has 1 aromatic carbocycles. The first-order valence-electron chi connectivity index (χ1n) is 7.23. The third kappa shape index (κ3) is 3.35. The standard InChI is InChI=1S/C18H17N5/c1-12-3-2-4-18(22-12)23-17-9-13(5-6-14(17)11-19)16-10-15(20)7-8-21-16/h2-11,19H,1H3,(H2,20,21)(H,22,23). The van der Waals surface area contributed by atoms with Gasteiger partial charge in [0.1, 0.15) is 5.82 Å². The van der Waals surface area contributed by atoms with Crippen LogP contribution in [0.4, 0.5) is 17.2 Å². The third-order valence-electron chi connectivity index (χ3n) is 3.44. The smallest absolute Gasteiger partial charge is 0.130 e. The maximum Gasteiger partial charge on any atom is 0.130 e. The van der Waals surface area contributed by atoms with Gasteiger partial charge in [0.15, 0.2) is 0 Å². The Balaban J connectivity index is 2.01. The van der Waals surface area contributed by atoms with E-state index in [1.54, 1.807) is 12.3 Å². The van der Waals surface area contributed by atoms with Crippen LogP contribution in [-0.4, -0.2) is 16.2 Å². The van der Waals surface area contributed by atoms with Crippen molar-refractivity contribution in [3.8, 4) is 11.3 Å². The van der Waals surface area contributed by atoms with Gasteiger partial charge in [0, 0.05) is 40.6 Å². The molecule has 0 saturated carbocycles. The molecule has 0 saturated heterocycles. The van der Waals surface area contributed by atoms with Crippen molar-refractivity contribution in [3.05, 3.63) is 66.0 Å². The topological polar surface area (TPSA) is 87.7 Å². The van der Waals surface area contributed by atoms with E-state index in [1.807, 2.05) is 49.4 Å². The molecule has 2 heterocycles. The second-order valence-electron chi connectivity index (χ2n) is 5.21. The van der Waals surface area contributed by atoms with Crippen molar-refractivity contribution in [2.45, 2.75) is 6.92 Å². The highest BCUT2D eigenvalue weighted by atomic mass is 15.0. The Bertz CT molecular complexity index is 858. The molecule has 0 aliphatic heterocycles. The zero-order valence-electron chi connectivity index (χ0n) is 12.7. The molecule has 3 aromatic rings. The van der Waals surface area contributed by atoms with Crippen molar-refractivity contribution in [1.29, 1.82) is 5.41 Å². The molecule has 0 unspecified atom stereocenters. The molecule has 5 heteroatoms. The number of benzene rings is 1. The second-order valence-corrected chi connectivity index (χ2v) is 5.21. The van der Waals surface area contributed by atoms with Crippen LogP contribution in [-0.2, 0) is 0 Å². The Kier molecular flexibility index (Phi) is 4.01. The Morgan fingerprint density at radius 2 is 2.00 bits per heavy atom. The number of hydrogen-bond donors (Lipinski definition) is 3. The molecule has 0 amide bonds. The van der Waals surface area contributed by atoms with E-state index in [4.69, 9.17) is 11.1 Å². The number of nitrogens with one attached hydrogen (secondary N) is 2. The first-order chi connectivity index (χ1) is 11.2. The van der Waals surface area contributed by atoms with Crippen LogP contribution >= 0.6 is 0 Å². The molecule has 114 valence electrons. The maximum absolute atomic E-state index is 7.58.